The molecule has 0 aromatic heterocycles. The standard InChI is InChI=1S/C7H15N2O/c1-4-8-7(10)9(5-2)6-3/h4H,5-6H2,1-3H3,(H,8,10). The smallest absolute Gasteiger partial charge is 0.317 e. The highest BCUT2D eigenvalue weighted by atomic mass is 16.2. The molecule has 0 unspecified atom stereocenters. The van der Waals surface area contributed by atoms with Gasteiger partial charge in [-0.2, -0.15) is 0 Å². The van der Waals surface area contributed by atoms with Crippen LogP contribution in [0.4, 0.5) is 4.79 Å². The third-order valence-electron chi connectivity index (χ3n) is 1.32. The minimum atomic E-state index is -0.0208. The molecule has 0 aliphatic carbocycles. The van der Waals surface area contributed by atoms with Crippen LogP contribution in [0.1, 0.15) is 20.8 Å². The number of rotatable bonds is 3. The molecular weight excluding hydrogens is 128 g/mol. The van der Waals surface area contributed by atoms with E-state index < -0.39 is 0 Å². The van der Waals surface area contributed by atoms with E-state index in [9.17, 15) is 4.79 Å². The molecule has 1 radical (unpaired) electrons. The quantitative estimate of drug-likeness (QED) is 0.633. The fourth-order valence-electron chi connectivity index (χ4n) is 0.726. The van der Waals surface area contributed by atoms with Crippen LogP contribution in [0.25, 0.3) is 0 Å². The predicted molar refractivity (Wildman–Crippen MR) is 41.4 cm³/mol. The molecule has 0 spiro atoms. The van der Waals surface area contributed by atoms with Crippen LogP contribution in [-0.4, -0.2) is 24.0 Å². The van der Waals surface area contributed by atoms with Crippen molar-refractivity contribution in [2.45, 2.75) is 20.8 Å². The van der Waals surface area contributed by atoms with Gasteiger partial charge in [0.25, 0.3) is 0 Å². The highest BCUT2D eigenvalue weighted by Gasteiger charge is 2.05. The average Bonchev–Trinajstić information content (AvgIpc) is 1.91. The van der Waals surface area contributed by atoms with Gasteiger partial charge in [-0.1, -0.05) is 0 Å². The SMILES string of the molecule is C[CH]NC(=O)N(CC)CC. The van der Waals surface area contributed by atoms with Crippen molar-refractivity contribution in [3.8, 4) is 0 Å². The van der Waals surface area contributed by atoms with Crippen LogP contribution < -0.4 is 5.32 Å². The lowest BCUT2D eigenvalue weighted by atomic mass is 10.5. The van der Waals surface area contributed by atoms with Crippen molar-refractivity contribution in [1.29, 1.82) is 0 Å². The van der Waals surface area contributed by atoms with Gasteiger partial charge in [-0.3, -0.25) is 0 Å². The molecule has 0 aromatic carbocycles. The van der Waals surface area contributed by atoms with Crippen LogP contribution in [0.5, 0.6) is 0 Å². The minimum absolute atomic E-state index is 0.0208. The molecule has 10 heavy (non-hydrogen) atoms. The van der Waals surface area contributed by atoms with Crippen LogP contribution in [0.2, 0.25) is 0 Å². The Balaban J connectivity index is 3.65. The molecule has 0 atom stereocenters. The fourth-order valence-corrected chi connectivity index (χ4v) is 0.726. The summed E-state index contributed by atoms with van der Waals surface area (Å²) in [7, 11) is 0. The number of carbonyl (C=O) groups excluding carboxylic acids is 1. The molecule has 59 valence electrons. The summed E-state index contributed by atoms with van der Waals surface area (Å²) in [5, 5.41) is 2.61. The van der Waals surface area contributed by atoms with E-state index in [1.807, 2.05) is 13.8 Å². The lowest BCUT2D eigenvalue weighted by molar-refractivity contribution is 0.206. The van der Waals surface area contributed by atoms with E-state index in [1.54, 1.807) is 18.4 Å². The van der Waals surface area contributed by atoms with Gasteiger partial charge in [-0.25, -0.2) is 4.79 Å². The summed E-state index contributed by atoms with van der Waals surface area (Å²) in [6, 6.07) is -0.0208. The Kier molecular flexibility index (Phi) is 4.72. The first-order chi connectivity index (χ1) is 4.76. The maximum Gasteiger partial charge on any atom is 0.317 e. The van der Waals surface area contributed by atoms with Gasteiger partial charge < -0.3 is 10.2 Å². The number of carbonyl (C=O) groups is 1. The Morgan fingerprint density at radius 2 is 2.00 bits per heavy atom. The van der Waals surface area contributed by atoms with Crippen molar-refractivity contribution in [1.82, 2.24) is 10.2 Å². The van der Waals surface area contributed by atoms with Gasteiger partial charge in [0.2, 0.25) is 0 Å². The molecule has 0 saturated carbocycles. The van der Waals surface area contributed by atoms with Crippen LogP contribution in [0.15, 0.2) is 0 Å². The molecule has 2 amide bonds. The number of amides is 2. The zero-order chi connectivity index (χ0) is 7.98. The molecular formula is C7H15N2O. The summed E-state index contributed by atoms with van der Waals surface area (Å²) < 4.78 is 0. The topological polar surface area (TPSA) is 32.3 Å². The predicted octanol–water partition coefficient (Wildman–Crippen LogP) is 1.22. The summed E-state index contributed by atoms with van der Waals surface area (Å²) in [4.78, 5) is 12.7. The van der Waals surface area contributed by atoms with Gasteiger partial charge in [0.1, 0.15) is 0 Å². The Bertz CT molecular complexity index is 99.8. The second-order valence-corrected chi connectivity index (χ2v) is 1.91. The normalized spacial score (nSPS) is 9.10. The van der Waals surface area contributed by atoms with Crippen LogP contribution in [0, 0.1) is 6.54 Å². The molecule has 0 bridgehead atoms. The second-order valence-electron chi connectivity index (χ2n) is 1.91. The number of urea groups is 1. The molecule has 0 aliphatic heterocycles. The first kappa shape index (κ1) is 9.27. The maximum absolute atomic E-state index is 11.0. The van der Waals surface area contributed by atoms with E-state index in [4.69, 9.17) is 0 Å². The monoisotopic (exact) mass is 143 g/mol. The number of hydrogen-bond acceptors (Lipinski definition) is 1. The Morgan fingerprint density at radius 3 is 2.30 bits per heavy atom. The zero-order valence-corrected chi connectivity index (χ0v) is 6.85. The summed E-state index contributed by atoms with van der Waals surface area (Å²) in [5.74, 6) is 0. The van der Waals surface area contributed by atoms with Crippen molar-refractivity contribution in [2.75, 3.05) is 13.1 Å². The number of nitrogens with one attached hydrogen (secondary N) is 1. The van der Waals surface area contributed by atoms with Crippen molar-refractivity contribution in [3.63, 3.8) is 0 Å². The van der Waals surface area contributed by atoms with Gasteiger partial charge in [-0.05, 0) is 20.8 Å². The first-order valence-corrected chi connectivity index (χ1v) is 3.59. The second kappa shape index (κ2) is 5.09. The molecule has 0 saturated heterocycles. The van der Waals surface area contributed by atoms with E-state index in [0.29, 0.717) is 0 Å². The summed E-state index contributed by atoms with van der Waals surface area (Å²) >= 11 is 0. The van der Waals surface area contributed by atoms with Gasteiger partial charge in [0, 0.05) is 19.6 Å². The van der Waals surface area contributed by atoms with Crippen LogP contribution >= 0.6 is 0 Å². The van der Waals surface area contributed by atoms with Gasteiger partial charge >= 0.3 is 6.03 Å². The van der Waals surface area contributed by atoms with E-state index in [0.717, 1.165) is 13.1 Å². The van der Waals surface area contributed by atoms with E-state index in [2.05, 4.69) is 5.32 Å². The Morgan fingerprint density at radius 1 is 1.50 bits per heavy atom. The highest BCUT2D eigenvalue weighted by Crippen LogP contribution is 1.87. The van der Waals surface area contributed by atoms with Crippen LogP contribution in [-0.2, 0) is 0 Å². The molecule has 0 fully saturated rings. The Hall–Kier alpha value is -0.730. The third kappa shape index (κ3) is 2.71. The zero-order valence-electron chi connectivity index (χ0n) is 6.85. The minimum Gasteiger partial charge on any atom is -0.333 e. The third-order valence-corrected chi connectivity index (χ3v) is 1.32. The van der Waals surface area contributed by atoms with Crippen LogP contribution in [0.3, 0.4) is 0 Å². The summed E-state index contributed by atoms with van der Waals surface area (Å²) in [6.07, 6.45) is 0. The highest BCUT2D eigenvalue weighted by molar-refractivity contribution is 5.74. The van der Waals surface area contributed by atoms with E-state index in [-0.39, 0.29) is 6.03 Å². The first-order valence-electron chi connectivity index (χ1n) is 3.59. The maximum atomic E-state index is 11.0. The van der Waals surface area contributed by atoms with Crippen molar-refractivity contribution in [2.24, 2.45) is 0 Å². The molecule has 1 N–H and O–H groups in total. The van der Waals surface area contributed by atoms with Gasteiger partial charge in [0.15, 0.2) is 0 Å². The number of nitrogens with zero attached hydrogens (tertiary/aromatic N) is 1. The van der Waals surface area contributed by atoms with Crippen molar-refractivity contribution < 1.29 is 4.79 Å². The van der Waals surface area contributed by atoms with Crippen molar-refractivity contribution in [3.05, 3.63) is 6.54 Å². The van der Waals surface area contributed by atoms with E-state index in [1.165, 1.54) is 0 Å². The molecule has 3 nitrogen and oxygen atoms in total. The Labute approximate surface area is 62.4 Å². The van der Waals surface area contributed by atoms with Crippen molar-refractivity contribution >= 4 is 6.03 Å². The molecule has 0 rings (SSSR count). The van der Waals surface area contributed by atoms with Gasteiger partial charge in [0.05, 0.1) is 0 Å². The molecule has 0 aromatic rings. The lowest BCUT2D eigenvalue weighted by Crippen LogP contribution is -2.37. The molecule has 3 heteroatoms. The molecule has 0 aliphatic rings. The average molecular weight is 143 g/mol. The molecule has 0 heterocycles. The summed E-state index contributed by atoms with van der Waals surface area (Å²) in [5.41, 5.74) is 0. The van der Waals surface area contributed by atoms with Gasteiger partial charge in [-0.15, -0.1) is 0 Å². The lowest BCUT2D eigenvalue weighted by Gasteiger charge is -2.17. The van der Waals surface area contributed by atoms with E-state index >= 15 is 0 Å². The largest absolute Gasteiger partial charge is 0.333 e. The fraction of sp³-hybridized carbons (Fsp3) is 0.714. The summed E-state index contributed by atoms with van der Waals surface area (Å²) in [6.45, 7) is 8.87. The number of hydrogen-bond donors (Lipinski definition) is 1.